The fraction of sp³-hybridized carbons (Fsp3) is 0.333. The van der Waals surface area contributed by atoms with Crippen molar-refractivity contribution in [3.8, 4) is 0 Å². The number of Topliss-reactive ketones (excluding diaryl/α,β-unsaturated/α-hetero) is 2. The van der Waals surface area contributed by atoms with E-state index in [9.17, 15) is 24.3 Å². The highest BCUT2D eigenvalue weighted by Gasteiger charge is 2.37. The standard InChI is InChI=1S/C27H31N3O5S/c1-3-23(31)24(32)17-36-16-20(13-18-9-5-4-6-10-18)29-25(33)27(2,30-26(34)35)14-19-15-28-22-12-8-7-11-21(19)22/h4-12,15,20,28,30H,3,13-14,16-17H2,1-2H3,(H,29,33)(H,34,35). The molecule has 3 rings (SSSR count). The molecule has 0 aliphatic rings. The van der Waals surface area contributed by atoms with Crippen LogP contribution in [0.5, 0.6) is 0 Å². The fourth-order valence-corrected chi connectivity index (χ4v) is 4.99. The van der Waals surface area contributed by atoms with E-state index >= 15 is 0 Å². The van der Waals surface area contributed by atoms with Crippen LogP contribution in [0.3, 0.4) is 0 Å². The van der Waals surface area contributed by atoms with Crippen LogP contribution >= 0.6 is 11.8 Å². The van der Waals surface area contributed by atoms with Crippen molar-refractivity contribution >= 4 is 46.2 Å². The van der Waals surface area contributed by atoms with Gasteiger partial charge in [0.05, 0.1) is 5.75 Å². The van der Waals surface area contributed by atoms with Crippen molar-refractivity contribution in [3.63, 3.8) is 0 Å². The maximum atomic E-state index is 13.5. The van der Waals surface area contributed by atoms with Crippen molar-refractivity contribution in [1.82, 2.24) is 15.6 Å². The number of nitrogens with one attached hydrogen (secondary N) is 3. The van der Waals surface area contributed by atoms with Gasteiger partial charge in [0, 0.05) is 41.7 Å². The summed E-state index contributed by atoms with van der Waals surface area (Å²) in [4.78, 5) is 52.0. The number of benzene rings is 2. The molecule has 0 aliphatic heterocycles. The van der Waals surface area contributed by atoms with Crippen LogP contribution in [0.1, 0.15) is 31.4 Å². The molecule has 2 amide bonds. The second-order valence-electron chi connectivity index (χ2n) is 8.87. The van der Waals surface area contributed by atoms with Crippen LogP contribution in [-0.4, -0.2) is 56.7 Å². The molecule has 2 aromatic carbocycles. The summed E-state index contributed by atoms with van der Waals surface area (Å²) in [6.45, 7) is 3.21. The Hall–Kier alpha value is -3.59. The summed E-state index contributed by atoms with van der Waals surface area (Å²) in [7, 11) is 0. The lowest BCUT2D eigenvalue weighted by molar-refractivity contribution is -0.134. The van der Waals surface area contributed by atoms with E-state index in [2.05, 4.69) is 15.6 Å². The Labute approximate surface area is 214 Å². The van der Waals surface area contributed by atoms with Crippen LogP contribution in [0.4, 0.5) is 4.79 Å². The van der Waals surface area contributed by atoms with Crippen molar-refractivity contribution in [2.45, 2.75) is 44.7 Å². The molecule has 0 spiro atoms. The van der Waals surface area contributed by atoms with E-state index in [1.807, 2.05) is 54.6 Å². The Morgan fingerprint density at radius 3 is 2.42 bits per heavy atom. The van der Waals surface area contributed by atoms with Gasteiger partial charge in [0.2, 0.25) is 11.7 Å². The minimum absolute atomic E-state index is 0.0355. The SMILES string of the molecule is CCC(=O)C(=O)CSCC(Cc1ccccc1)NC(=O)C(C)(Cc1c[nH]c2ccccc12)NC(=O)O. The highest BCUT2D eigenvalue weighted by Crippen LogP contribution is 2.23. The molecule has 2 unspecified atom stereocenters. The average Bonchev–Trinajstić information content (AvgIpc) is 3.25. The Morgan fingerprint density at radius 2 is 1.72 bits per heavy atom. The van der Waals surface area contributed by atoms with Crippen LogP contribution in [0.2, 0.25) is 0 Å². The number of H-pyrrole nitrogens is 1. The number of para-hydroxylation sites is 1. The quantitative estimate of drug-likeness (QED) is 0.260. The molecule has 4 N–H and O–H groups in total. The van der Waals surface area contributed by atoms with E-state index in [1.54, 1.807) is 20.0 Å². The maximum Gasteiger partial charge on any atom is 0.405 e. The zero-order valence-electron chi connectivity index (χ0n) is 20.4. The maximum absolute atomic E-state index is 13.5. The Morgan fingerprint density at radius 1 is 1.03 bits per heavy atom. The van der Waals surface area contributed by atoms with Crippen LogP contribution in [-0.2, 0) is 27.2 Å². The largest absolute Gasteiger partial charge is 0.465 e. The summed E-state index contributed by atoms with van der Waals surface area (Å²) in [5.41, 5.74) is 1.26. The van der Waals surface area contributed by atoms with Crippen LogP contribution in [0.15, 0.2) is 60.8 Å². The molecule has 9 heteroatoms. The third kappa shape index (κ3) is 7.21. The predicted molar refractivity (Wildman–Crippen MR) is 141 cm³/mol. The number of hydrogen-bond acceptors (Lipinski definition) is 5. The van der Waals surface area contributed by atoms with Crippen molar-refractivity contribution in [2.75, 3.05) is 11.5 Å². The highest BCUT2D eigenvalue weighted by molar-refractivity contribution is 8.00. The first-order valence-electron chi connectivity index (χ1n) is 11.8. The first kappa shape index (κ1) is 27.0. The number of carboxylic acid groups (broad SMARTS) is 1. The Balaban J connectivity index is 1.78. The third-order valence-corrected chi connectivity index (χ3v) is 7.05. The van der Waals surface area contributed by atoms with Crippen LogP contribution in [0, 0.1) is 0 Å². The van der Waals surface area contributed by atoms with Crippen molar-refractivity contribution in [1.29, 1.82) is 0 Å². The van der Waals surface area contributed by atoms with Gasteiger partial charge < -0.3 is 20.7 Å². The van der Waals surface area contributed by atoms with Crippen LogP contribution < -0.4 is 10.6 Å². The molecular formula is C27H31N3O5S. The molecule has 0 fully saturated rings. The fourth-order valence-electron chi connectivity index (χ4n) is 4.04. The number of carbonyl (C=O) groups is 4. The lowest BCUT2D eigenvalue weighted by Crippen LogP contribution is -2.60. The number of fused-ring (bicyclic) bond motifs is 1. The zero-order valence-corrected chi connectivity index (χ0v) is 21.2. The van der Waals surface area contributed by atoms with Crippen LogP contribution in [0.25, 0.3) is 10.9 Å². The molecule has 1 aromatic heterocycles. The number of aromatic amines is 1. The molecule has 0 aliphatic carbocycles. The average molecular weight is 510 g/mol. The van der Waals surface area contributed by atoms with E-state index in [-0.39, 0.29) is 24.6 Å². The van der Waals surface area contributed by atoms with E-state index in [0.29, 0.717) is 12.2 Å². The number of ketones is 2. The molecule has 0 saturated heterocycles. The highest BCUT2D eigenvalue weighted by atomic mass is 32.2. The summed E-state index contributed by atoms with van der Waals surface area (Å²) in [5, 5.41) is 15.8. The van der Waals surface area contributed by atoms with Gasteiger partial charge in [0.15, 0.2) is 5.78 Å². The third-order valence-electron chi connectivity index (χ3n) is 5.95. The molecule has 0 radical (unpaired) electrons. The van der Waals surface area contributed by atoms with Gasteiger partial charge in [0.1, 0.15) is 5.54 Å². The second kappa shape index (κ2) is 12.4. The predicted octanol–water partition coefficient (Wildman–Crippen LogP) is 3.75. The lowest BCUT2D eigenvalue weighted by Gasteiger charge is -2.31. The number of rotatable bonds is 13. The van der Waals surface area contributed by atoms with Gasteiger partial charge in [-0.25, -0.2) is 4.79 Å². The normalized spacial score (nSPS) is 13.5. The van der Waals surface area contributed by atoms with E-state index in [4.69, 9.17) is 0 Å². The smallest absolute Gasteiger partial charge is 0.405 e. The van der Waals surface area contributed by atoms with Gasteiger partial charge in [-0.1, -0.05) is 55.5 Å². The number of carbonyl (C=O) groups excluding carboxylic acids is 3. The first-order valence-corrected chi connectivity index (χ1v) is 12.9. The number of amides is 2. The van der Waals surface area contributed by atoms with E-state index < -0.39 is 29.1 Å². The summed E-state index contributed by atoms with van der Waals surface area (Å²) in [6.07, 6.45) is 1.28. The molecule has 0 bridgehead atoms. The zero-order chi connectivity index (χ0) is 26.1. The summed E-state index contributed by atoms with van der Waals surface area (Å²) < 4.78 is 0. The van der Waals surface area contributed by atoms with Gasteiger partial charge in [0.25, 0.3) is 0 Å². The van der Waals surface area contributed by atoms with Crippen molar-refractivity contribution in [3.05, 3.63) is 71.9 Å². The van der Waals surface area contributed by atoms with Crippen molar-refractivity contribution in [2.24, 2.45) is 0 Å². The second-order valence-corrected chi connectivity index (χ2v) is 9.90. The van der Waals surface area contributed by atoms with Gasteiger partial charge in [-0.2, -0.15) is 11.8 Å². The molecule has 3 aromatic rings. The van der Waals surface area contributed by atoms with Gasteiger partial charge >= 0.3 is 6.09 Å². The molecule has 2 atom stereocenters. The molecule has 0 saturated carbocycles. The molecule has 36 heavy (non-hydrogen) atoms. The minimum atomic E-state index is -1.44. The minimum Gasteiger partial charge on any atom is -0.465 e. The Kier molecular flexibility index (Phi) is 9.30. The molecular weight excluding hydrogens is 478 g/mol. The number of thioether (sulfide) groups is 1. The first-order chi connectivity index (χ1) is 17.2. The molecule has 8 nitrogen and oxygen atoms in total. The van der Waals surface area contributed by atoms with Crippen molar-refractivity contribution < 1.29 is 24.3 Å². The van der Waals surface area contributed by atoms with Gasteiger partial charge in [-0.3, -0.25) is 14.4 Å². The summed E-state index contributed by atoms with van der Waals surface area (Å²) in [6, 6.07) is 16.8. The van der Waals surface area contributed by atoms with E-state index in [0.717, 1.165) is 22.0 Å². The Bertz CT molecular complexity index is 1230. The summed E-state index contributed by atoms with van der Waals surface area (Å²) >= 11 is 1.28. The number of aromatic nitrogens is 1. The monoisotopic (exact) mass is 509 g/mol. The lowest BCUT2D eigenvalue weighted by atomic mass is 9.91. The summed E-state index contributed by atoms with van der Waals surface area (Å²) in [5.74, 6) is -0.896. The molecule has 190 valence electrons. The number of hydrogen-bond donors (Lipinski definition) is 4. The topological polar surface area (TPSA) is 128 Å². The van der Waals surface area contributed by atoms with E-state index in [1.165, 1.54) is 11.8 Å². The van der Waals surface area contributed by atoms with Gasteiger partial charge in [-0.05, 0) is 30.5 Å². The molecule has 1 heterocycles. The van der Waals surface area contributed by atoms with Gasteiger partial charge in [-0.15, -0.1) is 0 Å².